The molecule has 2 atom stereocenters. The summed E-state index contributed by atoms with van der Waals surface area (Å²) >= 11 is 13.7. The molecule has 4 heteroatoms. The maximum atomic E-state index is 3.48. The minimum absolute atomic E-state index is 0.516. The molecule has 0 aromatic carbocycles. The van der Waals surface area contributed by atoms with Crippen LogP contribution < -0.4 is 0 Å². The van der Waals surface area contributed by atoms with Gasteiger partial charge in [0.15, 0.2) is 0 Å². The van der Waals surface area contributed by atoms with Crippen LogP contribution in [0.3, 0.4) is 0 Å². The van der Waals surface area contributed by atoms with Crippen LogP contribution in [0.4, 0.5) is 0 Å². The second-order valence-corrected chi connectivity index (χ2v) is 4.99. The average molecular weight is 374 g/mol. The summed E-state index contributed by atoms with van der Waals surface area (Å²) in [6.07, 6.45) is 0. The highest BCUT2D eigenvalue weighted by molar-refractivity contribution is 9.14. The van der Waals surface area contributed by atoms with E-state index in [0.29, 0.717) is 9.65 Å². The lowest BCUT2D eigenvalue weighted by molar-refractivity contribution is 0.994. The molecule has 0 amide bonds. The summed E-state index contributed by atoms with van der Waals surface area (Å²) in [6.45, 7) is 0. The zero-order valence-corrected chi connectivity index (χ0v) is 10.4. The molecule has 0 aromatic rings. The third-order valence-electron chi connectivity index (χ3n) is 0.687. The van der Waals surface area contributed by atoms with E-state index in [9.17, 15) is 0 Å². The van der Waals surface area contributed by atoms with Crippen molar-refractivity contribution in [3.05, 3.63) is 0 Å². The number of rotatable bonds is 3. The Hall–Kier alpha value is 1.92. The predicted octanol–water partition coefficient (Wildman–Crippen LogP) is 3.30. The summed E-state index contributed by atoms with van der Waals surface area (Å²) in [5.41, 5.74) is 0. The summed E-state index contributed by atoms with van der Waals surface area (Å²) in [5.74, 6) is 0. The van der Waals surface area contributed by atoms with E-state index in [0.717, 1.165) is 10.7 Å². The summed E-state index contributed by atoms with van der Waals surface area (Å²) < 4.78 is 0. The molecular weight excluding hydrogens is 368 g/mol. The van der Waals surface area contributed by atoms with Crippen molar-refractivity contribution >= 4 is 63.7 Å². The van der Waals surface area contributed by atoms with E-state index >= 15 is 0 Å². The van der Waals surface area contributed by atoms with E-state index in [4.69, 9.17) is 0 Å². The number of halogens is 4. The van der Waals surface area contributed by atoms with Gasteiger partial charge in [0.25, 0.3) is 0 Å². The lowest BCUT2D eigenvalue weighted by Gasteiger charge is -2.09. The first kappa shape index (κ1) is 9.92. The number of hydrogen-bond acceptors (Lipinski definition) is 0. The average Bonchev–Trinajstić information content (AvgIpc) is 1.84. The van der Waals surface area contributed by atoms with Crippen LogP contribution in [0, 0.1) is 0 Å². The molecule has 0 aliphatic carbocycles. The largest absolute Gasteiger partial charge is 0.0916 e. The Balaban J connectivity index is 3.29. The SMILES string of the molecule is BrC[C@H](Br)[C@@H](Br)CBr. The maximum Gasteiger partial charge on any atom is 0.0376 e. The third kappa shape index (κ3) is 3.85. The zero-order valence-electron chi connectivity index (χ0n) is 4.08. The Morgan fingerprint density at radius 2 is 1.12 bits per heavy atom. The lowest BCUT2D eigenvalue weighted by atomic mass is 10.4. The van der Waals surface area contributed by atoms with Crippen molar-refractivity contribution in [3.8, 4) is 0 Å². The Labute approximate surface area is 83.3 Å². The van der Waals surface area contributed by atoms with Gasteiger partial charge in [-0.05, 0) is 0 Å². The molecular formula is C4H6Br4. The Bertz CT molecular complexity index is 48.0. The molecule has 0 N–H and O–H groups in total. The molecule has 0 nitrogen and oxygen atoms in total. The van der Waals surface area contributed by atoms with Crippen LogP contribution in [0.1, 0.15) is 0 Å². The van der Waals surface area contributed by atoms with E-state index in [1.165, 1.54) is 0 Å². The van der Waals surface area contributed by atoms with Gasteiger partial charge in [-0.3, -0.25) is 0 Å². The Kier molecular flexibility index (Phi) is 7.05. The summed E-state index contributed by atoms with van der Waals surface area (Å²) in [5, 5.41) is 1.96. The first-order chi connectivity index (χ1) is 3.72. The molecule has 50 valence electrons. The lowest BCUT2D eigenvalue weighted by Crippen LogP contribution is -2.15. The molecule has 0 aliphatic heterocycles. The normalized spacial score (nSPS) is 18.0. The van der Waals surface area contributed by atoms with Gasteiger partial charge in [-0.15, -0.1) is 0 Å². The molecule has 0 unspecified atom stereocenters. The van der Waals surface area contributed by atoms with E-state index in [1.54, 1.807) is 0 Å². The molecule has 0 bridgehead atoms. The van der Waals surface area contributed by atoms with Gasteiger partial charge in [-0.2, -0.15) is 0 Å². The Morgan fingerprint density at radius 1 is 0.875 bits per heavy atom. The number of alkyl halides is 4. The van der Waals surface area contributed by atoms with Crippen molar-refractivity contribution in [1.29, 1.82) is 0 Å². The van der Waals surface area contributed by atoms with Gasteiger partial charge in [-0.25, -0.2) is 0 Å². The molecule has 0 aliphatic rings. The molecule has 0 saturated heterocycles. The fourth-order valence-corrected chi connectivity index (χ4v) is 2.47. The second-order valence-electron chi connectivity index (χ2n) is 1.34. The summed E-state index contributed by atoms with van der Waals surface area (Å²) in [6, 6.07) is 0. The van der Waals surface area contributed by atoms with Gasteiger partial charge in [0.05, 0.1) is 0 Å². The van der Waals surface area contributed by atoms with Crippen LogP contribution in [-0.4, -0.2) is 20.3 Å². The van der Waals surface area contributed by atoms with Crippen molar-refractivity contribution < 1.29 is 0 Å². The van der Waals surface area contributed by atoms with Crippen LogP contribution in [0.5, 0.6) is 0 Å². The van der Waals surface area contributed by atoms with Crippen LogP contribution in [0.2, 0.25) is 0 Å². The quantitative estimate of drug-likeness (QED) is 0.666. The maximum absolute atomic E-state index is 3.48. The molecule has 0 spiro atoms. The predicted molar refractivity (Wildman–Crippen MR) is 53.0 cm³/mol. The highest BCUT2D eigenvalue weighted by Gasteiger charge is 2.11. The second kappa shape index (κ2) is 5.69. The first-order valence-corrected chi connectivity index (χ1v) is 6.20. The fourth-order valence-electron chi connectivity index (χ4n) is 0.193. The molecule has 8 heavy (non-hydrogen) atoms. The summed E-state index contributed by atoms with van der Waals surface area (Å²) in [4.78, 5) is 1.03. The van der Waals surface area contributed by atoms with Crippen molar-refractivity contribution in [3.63, 3.8) is 0 Å². The van der Waals surface area contributed by atoms with E-state index in [-0.39, 0.29) is 0 Å². The third-order valence-corrected chi connectivity index (χ3v) is 6.45. The van der Waals surface area contributed by atoms with Crippen LogP contribution in [0.15, 0.2) is 0 Å². The molecule has 0 fully saturated rings. The zero-order chi connectivity index (χ0) is 6.57. The monoisotopic (exact) mass is 370 g/mol. The van der Waals surface area contributed by atoms with Crippen molar-refractivity contribution in [1.82, 2.24) is 0 Å². The van der Waals surface area contributed by atoms with Crippen LogP contribution >= 0.6 is 63.7 Å². The van der Waals surface area contributed by atoms with Gasteiger partial charge in [0.2, 0.25) is 0 Å². The standard InChI is InChI=1S/C4H6Br4/c5-1-3(7)4(8)2-6/h3-4H,1-2H2/t3-,4-/m0/s1. The van der Waals surface area contributed by atoms with Gasteiger partial charge >= 0.3 is 0 Å². The Morgan fingerprint density at radius 3 is 1.25 bits per heavy atom. The highest BCUT2D eigenvalue weighted by Crippen LogP contribution is 2.17. The van der Waals surface area contributed by atoms with Gasteiger partial charge in [0.1, 0.15) is 0 Å². The molecule has 0 saturated carbocycles. The van der Waals surface area contributed by atoms with E-state index in [2.05, 4.69) is 63.7 Å². The molecule has 0 aromatic heterocycles. The van der Waals surface area contributed by atoms with Crippen molar-refractivity contribution in [2.24, 2.45) is 0 Å². The molecule has 0 heterocycles. The van der Waals surface area contributed by atoms with E-state index in [1.807, 2.05) is 0 Å². The molecule has 0 radical (unpaired) electrons. The van der Waals surface area contributed by atoms with Crippen LogP contribution in [-0.2, 0) is 0 Å². The highest BCUT2D eigenvalue weighted by atomic mass is 79.9. The fraction of sp³-hybridized carbons (Fsp3) is 1.00. The van der Waals surface area contributed by atoms with Crippen molar-refractivity contribution in [2.45, 2.75) is 9.65 Å². The van der Waals surface area contributed by atoms with E-state index < -0.39 is 0 Å². The number of hydrogen-bond donors (Lipinski definition) is 0. The summed E-state index contributed by atoms with van der Waals surface area (Å²) in [7, 11) is 0. The van der Waals surface area contributed by atoms with Gasteiger partial charge in [0, 0.05) is 20.3 Å². The minimum atomic E-state index is 0.516. The van der Waals surface area contributed by atoms with Crippen molar-refractivity contribution in [2.75, 3.05) is 10.7 Å². The first-order valence-electron chi connectivity index (χ1n) is 2.12. The smallest absolute Gasteiger partial charge is 0.0376 e. The van der Waals surface area contributed by atoms with Gasteiger partial charge < -0.3 is 0 Å². The van der Waals surface area contributed by atoms with Gasteiger partial charge in [-0.1, -0.05) is 63.7 Å². The minimum Gasteiger partial charge on any atom is -0.0916 e. The molecule has 0 rings (SSSR count). The topological polar surface area (TPSA) is 0 Å². The van der Waals surface area contributed by atoms with Crippen LogP contribution in [0.25, 0.3) is 0 Å².